The predicted octanol–water partition coefficient (Wildman–Crippen LogP) is 1.87. The zero-order valence-electron chi connectivity index (χ0n) is 9.61. The van der Waals surface area contributed by atoms with E-state index in [-0.39, 0.29) is 5.91 Å². The van der Waals surface area contributed by atoms with Crippen molar-refractivity contribution in [1.29, 1.82) is 0 Å². The van der Waals surface area contributed by atoms with Gasteiger partial charge >= 0.3 is 0 Å². The molecule has 1 atom stereocenters. The maximum atomic E-state index is 12.2. The van der Waals surface area contributed by atoms with Crippen molar-refractivity contribution in [3.63, 3.8) is 0 Å². The summed E-state index contributed by atoms with van der Waals surface area (Å²) in [6.45, 7) is 4.39. The van der Waals surface area contributed by atoms with Gasteiger partial charge in [0.15, 0.2) is 0 Å². The van der Waals surface area contributed by atoms with Crippen LogP contribution in [0, 0.1) is 12.8 Å². The largest absolute Gasteiger partial charge is 0.338 e. The fourth-order valence-electron chi connectivity index (χ4n) is 2.18. The Morgan fingerprint density at radius 3 is 3.12 bits per heavy atom. The number of hydrogen-bond acceptors (Lipinski definition) is 3. The van der Waals surface area contributed by atoms with Crippen molar-refractivity contribution in [2.75, 3.05) is 19.6 Å². The second-order valence-electron chi connectivity index (χ2n) is 4.43. The Morgan fingerprint density at radius 2 is 2.50 bits per heavy atom. The van der Waals surface area contributed by atoms with Gasteiger partial charge in [0, 0.05) is 13.1 Å². The van der Waals surface area contributed by atoms with E-state index in [0.29, 0.717) is 12.5 Å². The van der Waals surface area contributed by atoms with Crippen LogP contribution in [0.15, 0.2) is 11.4 Å². The van der Waals surface area contributed by atoms with Gasteiger partial charge in [-0.3, -0.25) is 4.79 Å². The zero-order valence-corrected chi connectivity index (χ0v) is 10.4. The van der Waals surface area contributed by atoms with Gasteiger partial charge in [-0.1, -0.05) is 0 Å². The fourth-order valence-corrected chi connectivity index (χ4v) is 3.07. The molecule has 0 aliphatic carbocycles. The van der Waals surface area contributed by atoms with Crippen LogP contribution in [0.4, 0.5) is 0 Å². The molecule has 2 heterocycles. The molecule has 1 aromatic heterocycles. The lowest BCUT2D eigenvalue weighted by atomic mass is 9.98. The molecule has 0 aromatic carbocycles. The molecule has 0 bridgehead atoms. The lowest BCUT2D eigenvalue weighted by molar-refractivity contribution is 0.0682. The molecule has 88 valence electrons. The number of hydrogen-bond donors (Lipinski definition) is 1. The highest BCUT2D eigenvalue weighted by molar-refractivity contribution is 7.12. The maximum Gasteiger partial charge on any atom is 0.264 e. The van der Waals surface area contributed by atoms with Crippen molar-refractivity contribution in [3.8, 4) is 0 Å². The second-order valence-corrected chi connectivity index (χ2v) is 5.34. The summed E-state index contributed by atoms with van der Waals surface area (Å²) in [5.74, 6) is 0.670. The van der Waals surface area contributed by atoms with Crippen LogP contribution >= 0.6 is 11.3 Å². The third kappa shape index (κ3) is 2.28. The van der Waals surface area contributed by atoms with Gasteiger partial charge in [0.05, 0.1) is 4.88 Å². The molecule has 1 aliphatic heterocycles. The number of aryl methyl sites for hydroxylation is 1. The van der Waals surface area contributed by atoms with E-state index in [9.17, 15) is 4.79 Å². The van der Waals surface area contributed by atoms with Crippen molar-refractivity contribution in [2.24, 2.45) is 11.7 Å². The quantitative estimate of drug-likeness (QED) is 0.855. The summed E-state index contributed by atoms with van der Waals surface area (Å²) >= 11 is 1.54. The lowest BCUT2D eigenvalue weighted by Crippen LogP contribution is -2.41. The first-order valence-electron chi connectivity index (χ1n) is 5.76. The first-order valence-corrected chi connectivity index (χ1v) is 6.63. The van der Waals surface area contributed by atoms with Gasteiger partial charge in [0.25, 0.3) is 5.91 Å². The Hall–Kier alpha value is -0.870. The van der Waals surface area contributed by atoms with Gasteiger partial charge in [0.2, 0.25) is 0 Å². The zero-order chi connectivity index (χ0) is 11.5. The molecule has 1 fully saturated rings. The Balaban J connectivity index is 2.07. The SMILES string of the molecule is Cc1ccsc1C(=O)N1CCC[C@H](CN)C1. The van der Waals surface area contributed by atoms with Crippen LogP contribution in [0.5, 0.6) is 0 Å². The van der Waals surface area contributed by atoms with Gasteiger partial charge in [-0.05, 0) is 49.2 Å². The van der Waals surface area contributed by atoms with Crippen LogP contribution in [-0.2, 0) is 0 Å². The highest BCUT2D eigenvalue weighted by atomic mass is 32.1. The summed E-state index contributed by atoms with van der Waals surface area (Å²) in [5, 5.41) is 1.98. The van der Waals surface area contributed by atoms with E-state index >= 15 is 0 Å². The number of carbonyl (C=O) groups is 1. The fraction of sp³-hybridized carbons (Fsp3) is 0.583. The van der Waals surface area contributed by atoms with Gasteiger partial charge in [0.1, 0.15) is 0 Å². The van der Waals surface area contributed by atoms with E-state index in [1.807, 2.05) is 23.3 Å². The summed E-state index contributed by atoms with van der Waals surface area (Å²) in [6, 6.07) is 2.00. The summed E-state index contributed by atoms with van der Waals surface area (Å²) in [4.78, 5) is 15.1. The molecule has 0 radical (unpaired) electrons. The topological polar surface area (TPSA) is 46.3 Å². The highest BCUT2D eigenvalue weighted by Gasteiger charge is 2.24. The van der Waals surface area contributed by atoms with Crippen LogP contribution in [0.3, 0.4) is 0 Å². The monoisotopic (exact) mass is 238 g/mol. The van der Waals surface area contributed by atoms with Crippen LogP contribution in [0.25, 0.3) is 0 Å². The minimum atomic E-state index is 0.186. The van der Waals surface area contributed by atoms with Gasteiger partial charge in [-0.25, -0.2) is 0 Å². The summed E-state index contributed by atoms with van der Waals surface area (Å²) < 4.78 is 0. The molecule has 4 heteroatoms. The standard InChI is InChI=1S/C12H18N2OS/c1-9-4-6-16-11(9)12(15)14-5-2-3-10(7-13)8-14/h4,6,10H,2-3,5,7-8,13H2,1H3/t10-/m1/s1. The van der Waals surface area contributed by atoms with Crippen molar-refractivity contribution in [3.05, 3.63) is 21.9 Å². The number of nitrogens with zero attached hydrogens (tertiary/aromatic N) is 1. The van der Waals surface area contributed by atoms with E-state index < -0.39 is 0 Å². The molecule has 0 spiro atoms. The van der Waals surface area contributed by atoms with E-state index in [0.717, 1.165) is 36.4 Å². The van der Waals surface area contributed by atoms with Crippen molar-refractivity contribution >= 4 is 17.2 Å². The number of thiophene rings is 1. The molecule has 0 unspecified atom stereocenters. The smallest absolute Gasteiger partial charge is 0.264 e. The first kappa shape index (κ1) is 11.6. The Bertz CT molecular complexity index is 375. The number of amides is 1. The number of nitrogens with two attached hydrogens (primary N) is 1. The van der Waals surface area contributed by atoms with Gasteiger partial charge < -0.3 is 10.6 Å². The second kappa shape index (κ2) is 4.97. The van der Waals surface area contributed by atoms with E-state index in [4.69, 9.17) is 5.73 Å². The van der Waals surface area contributed by atoms with Gasteiger partial charge in [-0.2, -0.15) is 0 Å². The number of likely N-dealkylation sites (tertiary alicyclic amines) is 1. The Kier molecular flexibility index (Phi) is 3.61. The molecule has 1 amide bonds. The summed E-state index contributed by atoms with van der Waals surface area (Å²) in [6.07, 6.45) is 2.24. The highest BCUT2D eigenvalue weighted by Crippen LogP contribution is 2.22. The number of rotatable bonds is 2. The predicted molar refractivity (Wildman–Crippen MR) is 66.7 cm³/mol. The third-order valence-corrected chi connectivity index (χ3v) is 4.20. The average Bonchev–Trinajstić information content (AvgIpc) is 2.74. The average molecular weight is 238 g/mol. The summed E-state index contributed by atoms with van der Waals surface area (Å²) in [5.41, 5.74) is 6.77. The normalized spacial score (nSPS) is 21.1. The van der Waals surface area contributed by atoms with Crippen LogP contribution in [-0.4, -0.2) is 30.4 Å². The molecule has 1 aromatic rings. The van der Waals surface area contributed by atoms with E-state index in [2.05, 4.69) is 0 Å². The molecule has 2 N–H and O–H groups in total. The Labute approximate surface area is 100 Å². The molecular formula is C12H18N2OS. The number of piperidine rings is 1. The molecule has 1 saturated heterocycles. The van der Waals surface area contributed by atoms with Crippen LogP contribution < -0.4 is 5.73 Å². The van der Waals surface area contributed by atoms with Crippen molar-refractivity contribution < 1.29 is 4.79 Å². The molecule has 0 saturated carbocycles. The Morgan fingerprint density at radius 1 is 1.69 bits per heavy atom. The summed E-state index contributed by atoms with van der Waals surface area (Å²) in [7, 11) is 0. The molecule has 1 aliphatic rings. The van der Waals surface area contributed by atoms with Crippen LogP contribution in [0.2, 0.25) is 0 Å². The van der Waals surface area contributed by atoms with Crippen molar-refractivity contribution in [2.45, 2.75) is 19.8 Å². The minimum absolute atomic E-state index is 0.186. The van der Waals surface area contributed by atoms with E-state index in [1.54, 1.807) is 0 Å². The van der Waals surface area contributed by atoms with Crippen LogP contribution in [0.1, 0.15) is 28.1 Å². The van der Waals surface area contributed by atoms with E-state index in [1.165, 1.54) is 11.3 Å². The number of carbonyl (C=O) groups excluding carboxylic acids is 1. The lowest BCUT2D eigenvalue weighted by Gasteiger charge is -2.32. The van der Waals surface area contributed by atoms with Gasteiger partial charge in [-0.15, -0.1) is 11.3 Å². The maximum absolute atomic E-state index is 12.2. The first-order chi connectivity index (χ1) is 7.72. The minimum Gasteiger partial charge on any atom is -0.338 e. The van der Waals surface area contributed by atoms with Crippen molar-refractivity contribution in [1.82, 2.24) is 4.90 Å². The molecule has 2 rings (SSSR count). The molecule has 3 nitrogen and oxygen atoms in total. The molecule has 16 heavy (non-hydrogen) atoms. The third-order valence-electron chi connectivity index (χ3n) is 3.20. The molecular weight excluding hydrogens is 220 g/mol.